The molecule has 0 aliphatic carbocycles. The number of carbonyl (C=O) groups excluding carboxylic acids is 1. The third-order valence-electron chi connectivity index (χ3n) is 2.98. The van der Waals surface area contributed by atoms with E-state index in [-0.39, 0.29) is 17.0 Å². The van der Waals surface area contributed by atoms with Crippen LogP contribution in [0.3, 0.4) is 0 Å². The highest BCUT2D eigenvalue weighted by Gasteiger charge is 2.15. The van der Waals surface area contributed by atoms with Crippen LogP contribution in [0.2, 0.25) is 0 Å². The molecule has 0 aliphatic rings. The molecule has 21 heavy (non-hydrogen) atoms. The molecule has 5 N–H and O–H groups in total. The highest BCUT2D eigenvalue weighted by molar-refractivity contribution is 6.08. The Kier molecular flexibility index (Phi) is 3.80. The number of carbonyl (C=O) groups is 2. The summed E-state index contributed by atoms with van der Waals surface area (Å²) in [5.41, 5.74) is 6.85. The largest absolute Gasteiger partial charge is 0.508 e. The molecule has 6 nitrogen and oxygen atoms in total. The summed E-state index contributed by atoms with van der Waals surface area (Å²) in [6.07, 6.45) is 0. The number of amides is 1. The molecule has 0 unspecified atom stereocenters. The highest BCUT2D eigenvalue weighted by atomic mass is 16.4. The van der Waals surface area contributed by atoms with Crippen molar-refractivity contribution in [3.63, 3.8) is 0 Å². The predicted octanol–water partition coefficient (Wildman–Crippen LogP) is 2.23. The van der Waals surface area contributed by atoms with Crippen molar-refractivity contribution in [2.24, 2.45) is 0 Å². The van der Waals surface area contributed by atoms with Crippen LogP contribution in [0.15, 0.2) is 36.4 Å². The molecule has 2 aromatic carbocycles. The third-order valence-corrected chi connectivity index (χ3v) is 2.98. The van der Waals surface area contributed by atoms with Gasteiger partial charge in [0.25, 0.3) is 5.91 Å². The number of rotatable bonds is 3. The maximum Gasteiger partial charge on any atom is 0.337 e. The Bertz CT molecular complexity index is 726. The van der Waals surface area contributed by atoms with Gasteiger partial charge in [0.1, 0.15) is 5.75 Å². The van der Waals surface area contributed by atoms with Gasteiger partial charge in [0, 0.05) is 11.3 Å². The van der Waals surface area contributed by atoms with Crippen molar-refractivity contribution in [3.8, 4) is 5.75 Å². The van der Waals surface area contributed by atoms with Gasteiger partial charge in [-0.3, -0.25) is 4.79 Å². The molecule has 2 aromatic rings. The summed E-state index contributed by atoms with van der Waals surface area (Å²) in [5.74, 6) is -1.58. The first kappa shape index (κ1) is 14.4. The highest BCUT2D eigenvalue weighted by Crippen LogP contribution is 2.21. The summed E-state index contributed by atoms with van der Waals surface area (Å²) < 4.78 is 0. The van der Waals surface area contributed by atoms with Crippen molar-refractivity contribution < 1.29 is 19.8 Å². The van der Waals surface area contributed by atoms with Gasteiger partial charge in [-0.2, -0.15) is 0 Å². The quantitative estimate of drug-likeness (QED) is 0.646. The molecule has 6 heteroatoms. The Hall–Kier alpha value is -3.02. The van der Waals surface area contributed by atoms with E-state index in [4.69, 9.17) is 10.8 Å². The smallest absolute Gasteiger partial charge is 0.337 e. The summed E-state index contributed by atoms with van der Waals surface area (Å²) in [6.45, 7) is 1.68. The number of nitrogen functional groups attached to an aromatic ring is 1. The first-order valence-electron chi connectivity index (χ1n) is 6.12. The number of phenolic OH excluding ortho intramolecular Hbond substituents is 1. The van der Waals surface area contributed by atoms with E-state index in [0.717, 1.165) is 0 Å². The molecule has 108 valence electrons. The summed E-state index contributed by atoms with van der Waals surface area (Å²) in [5, 5.41) is 21.0. The number of aromatic carboxylic acids is 1. The second-order valence-corrected chi connectivity index (χ2v) is 4.56. The number of phenols is 1. The molecule has 0 spiro atoms. The summed E-state index contributed by atoms with van der Waals surface area (Å²) in [7, 11) is 0. The monoisotopic (exact) mass is 286 g/mol. The molecular formula is C15H14N2O4. The molecule has 0 saturated carbocycles. The predicted molar refractivity (Wildman–Crippen MR) is 78.6 cm³/mol. The number of aryl methyl sites for hydroxylation is 1. The lowest BCUT2D eigenvalue weighted by Gasteiger charge is -2.11. The minimum Gasteiger partial charge on any atom is -0.508 e. The zero-order chi connectivity index (χ0) is 15.6. The van der Waals surface area contributed by atoms with Crippen LogP contribution in [0.5, 0.6) is 5.75 Å². The van der Waals surface area contributed by atoms with E-state index in [0.29, 0.717) is 16.8 Å². The number of nitrogens with two attached hydrogens (primary N) is 1. The van der Waals surface area contributed by atoms with Crippen molar-refractivity contribution in [1.29, 1.82) is 0 Å². The van der Waals surface area contributed by atoms with Crippen molar-refractivity contribution in [2.75, 3.05) is 11.1 Å². The van der Waals surface area contributed by atoms with Crippen molar-refractivity contribution >= 4 is 23.3 Å². The van der Waals surface area contributed by atoms with E-state index in [1.165, 1.54) is 36.4 Å². The third kappa shape index (κ3) is 3.11. The summed E-state index contributed by atoms with van der Waals surface area (Å²) in [4.78, 5) is 23.4. The van der Waals surface area contributed by atoms with Gasteiger partial charge in [0.15, 0.2) is 0 Å². The molecule has 0 aliphatic heterocycles. The van der Waals surface area contributed by atoms with Crippen LogP contribution in [0.25, 0.3) is 0 Å². The van der Waals surface area contributed by atoms with E-state index in [1.807, 2.05) is 0 Å². The van der Waals surface area contributed by atoms with Gasteiger partial charge < -0.3 is 21.3 Å². The average molecular weight is 286 g/mol. The van der Waals surface area contributed by atoms with E-state index >= 15 is 0 Å². The zero-order valence-corrected chi connectivity index (χ0v) is 11.3. The van der Waals surface area contributed by atoms with Gasteiger partial charge in [0.2, 0.25) is 0 Å². The number of benzene rings is 2. The SMILES string of the molecule is Cc1cc(O)ccc1C(=O)Nc1ccc(N)cc1C(=O)O. The summed E-state index contributed by atoms with van der Waals surface area (Å²) in [6, 6.07) is 8.54. The molecule has 0 radical (unpaired) electrons. The average Bonchev–Trinajstić information content (AvgIpc) is 2.40. The van der Waals surface area contributed by atoms with Crippen molar-refractivity contribution in [3.05, 3.63) is 53.1 Å². The molecule has 0 heterocycles. The fourth-order valence-electron chi connectivity index (χ4n) is 1.94. The van der Waals surface area contributed by atoms with Gasteiger partial charge in [-0.15, -0.1) is 0 Å². The van der Waals surface area contributed by atoms with E-state index < -0.39 is 11.9 Å². The Morgan fingerprint density at radius 3 is 2.43 bits per heavy atom. The Morgan fingerprint density at radius 1 is 1.10 bits per heavy atom. The fourth-order valence-corrected chi connectivity index (χ4v) is 1.94. The first-order valence-corrected chi connectivity index (χ1v) is 6.12. The van der Waals surface area contributed by atoms with Crippen molar-refractivity contribution in [1.82, 2.24) is 0 Å². The number of hydrogen-bond donors (Lipinski definition) is 4. The van der Waals surface area contributed by atoms with Crippen LogP contribution in [0.4, 0.5) is 11.4 Å². The van der Waals surface area contributed by atoms with Crippen LogP contribution < -0.4 is 11.1 Å². The molecular weight excluding hydrogens is 272 g/mol. The number of carboxylic acids is 1. The number of anilines is 2. The molecule has 0 atom stereocenters. The van der Waals surface area contributed by atoms with Gasteiger partial charge in [0.05, 0.1) is 11.3 Å². The van der Waals surface area contributed by atoms with Gasteiger partial charge in [-0.1, -0.05) is 0 Å². The minimum absolute atomic E-state index is 0.0581. The fraction of sp³-hybridized carbons (Fsp3) is 0.0667. The van der Waals surface area contributed by atoms with Crippen LogP contribution in [0, 0.1) is 6.92 Å². The zero-order valence-electron chi connectivity index (χ0n) is 11.3. The Labute approximate surface area is 120 Å². The van der Waals surface area contributed by atoms with Gasteiger partial charge in [-0.05, 0) is 48.9 Å². The molecule has 0 saturated heterocycles. The summed E-state index contributed by atoms with van der Waals surface area (Å²) >= 11 is 0. The maximum absolute atomic E-state index is 12.2. The molecule has 0 bridgehead atoms. The van der Waals surface area contributed by atoms with E-state index in [1.54, 1.807) is 6.92 Å². The second-order valence-electron chi connectivity index (χ2n) is 4.56. The Balaban J connectivity index is 2.34. The van der Waals surface area contributed by atoms with Crippen LogP contribution >= 0.6 is 0 Å². The van der Waals surface area contributed by atoms with E-state index in [2.05, 4.69) is 5.32 Å². The number of nitrogens with one attached hydrogen (secondary N) is 1. The van der Waals surface area contributed by atoms with Gasteiger partial charge in [-0.25, -0.2) is 4.79 Å². The lowest BCUT2D eigenvalue weighted by atomic mass is 10.1. The normalized spacial score (nSPS) is 10.1. The molecule has 0 aromatic heterocycles. The second kappa shape index (κ2) is 5.54. The molecule has 1 amide bonds. The Morgan fingerprint density at radius 2 is 1.81 bits per heavy atom. The van der Waals surface area contributed by atoms with Crippen LogP contribution in [-0.4, -0.2) is 22.1 Å². The van der Waals surface area contributed by atoms with E-state index in [9.17, 15) is 14.7 Å². The maximum atomic E-state index is 12.2. The number of carboxylic acid groups (broad SMARTS) is 1. The lowest BCUT2D eigenvalue weighted by molar-refractivity contribution is 0.0698. The number of aromatic hydroxyl groups is 1. The first-order chi connectivity index (χ1) is 9.88. The topological polar surface area (TPSA) is 113 Å². The van der Waals surface area contributed by atoms with Gasteiger partial charge >= 0.3 is 5.97 Å². The molecule has 2 rings (SSSR count). The van der Waals surface area contributed by atoms with Crippen molar-refractivity contribution in [2.45, 2.75) is 6.92 Å². The standard InChI is InChI=1S/C15H14N2O4/c1-8-6-10(18)3-4-11(8)14(19)17-13-5-2-9(16)7-12(13)15(20)21/h2-7,18H,16H2,1H3,(H,17,19)(H,20,21). The van der Waals surface area contributed by atoms with Crippen LogP contribution in [-0.2, 0) is 0 Å². The lowest BCUT2D eigenvalue weighted by Crippen LogP contribution is -2.16. The molecule has 0 fully saturated rings. The number of hydrogen-bond acceptors (Lipinski definition) is 4. The van der Waals surface area contributed by atoms with Crippen LogP contribution in [0.1, 0.15) is 26.3 Å². The minimum atomic E-state index is -1.18.